The molecule has 0 atom stereocenters. The van der Waals surface area contributed by atoms with Crippen molar-refractivity contribution in [2.45, 2.75) is 13.8 Å². The van der Waals surface area contributed by atoms with Gasteiger partial charge in [-0.25, -0.2) is 4.79 Å². The second-order valence-electron chi connectivity index (χ2n) is 3.17. The van der Waals surface area contributed by atoms with E-state index in [1.807, 2.05) is 19.1 Å². The molecule has 0 saturated heterocycles. The third-order valence-corrected chi connectivity index (χ3v) is 1.87. The van der Waals surface area contributed by atoms with E-state index in [0.717, 1.165) is 5.56 Å². The zero-order chi connectivity index (χ0) is 12.0. The highest BCUT2D eigenvalue weighted by atomic mass is 16.5. The molecule has 0 unspecified atom stereocenters. The van der Waals surface area contributed by atoms with Crippen LogP contribution in [0.25, 0.3) is 0 Å². The van der Waals surface area contributed by atoms with Gasteiger partial charge < -0.3 is 4.74 Å². The third-order valence-electron chi connectivity index (χ3n) is 1.87. The average Bonchev–Trinajstić information content (AvgIpc) is 2.27. The van der Waals surface area contributed by atoms with E-state index in [2.05, 4.69) is 16.6 Å². The van der Waals surface area contributed by atoms with Gasteiger partial charge in [-0.3, -0.25) is 4.79 Å². The summed E-state index contributed by atoms with van der Waals surface area (Å²) < 4.78 is 4.58. The lowest BCUT2D eigenvalue weighted by atomic mass is 10.1. The highest BCUT2D eigenvalue weighted by molar-refractivity contribution is 6.11. The Balaban J connectivity index is 2.72. The molecule has 1 rings (SSSR count). The minimum absolute atomic E-state index is 0.256. The lowest BCUT2D eigenvalue weighted by Crippen LogP contribution is -2.02. The molecule has 0 bridgehead atoms. The van der Waals surface area contributed by atoms with Crippen LogP contribution in [-0.4, -0.2) is 18.4 Å². The van der Waals surface area contributed by atoms with Gasteiger partial charge in [0.25, 0.3) is 0 Å². The first-order chi connectivity index (χ1) is 7.63. The smallest absolute Gasteiger partial charge is 0.384 e. The number of hydrogen-bond acceptors (Lipinski definition) is 3. The molecule has 82 valence electrons. The Morgan fingerprint density at radius 2 is 1.81 bits per heavy atom. The summed E-state index contributed by atoms with van der Waals surface area (Å²) in [4.78, 5) is 22.4. The van der Waals surface area contributed by atoms with Crippen LogP contribution in [0, 0.1) is 18.8 Å². The Morgan fingerprint density at radius 3 is 2.38 bits per heavy atom. The molecule has 0 aliphatic heterocycles. The third kappa shape index (κ3) is 3.58. The van der Waals surface area contributed by atoms with Crippen molar-refractivity contribution in [2.24, 2.45) is 0 Å². The van der Waals surface area contributed by atoms with Gasteiger partial charge in [-0.2, -0.15) is 0 Å². The van der Waals surface area contributed by atoms with Crippen molar-refractivity contribution in [3.8, 4) is 11.8 Å². The number of Topliss-reactive ketones (excluding diaryl/α,β-unsaturated/α-hetero) is 1. The van der Waals surface area contributed by atoms with Crippen molar-refractivity contribution in [3.05, 3.63) is 35.4 Å². The van der Waals surface area contributed by atoms with Crippen LogP contribution in [0.2, 0.25) is 0 Å². The Labute approximate surface area is 94.4 Å². The van der Waals surface area contributed by atoms with E-state index in [1.54, 1.807) is 19.1 Å². The molecule has 16 heavy (non-hydrogen) atoms. The van der Waals surface area contributed by atoms with E-state index in [9.17, 15) is 9.59 Å². The Hall–Kier alpha value is -2.08. The van der Waals surface area contributed by atoms with Crippen LogP contribution < -0.4 is 0 Å². The summed E-state index contributed by atoms with van der Waals surface area (Å²) in [6.45, 7) is 3.87. The van der Waals surface area contributed by atoms with Crippen LogP contribution in [-0.2, 0) is 9.53 Å². The summed E-state index contributed by atoms with van der Waals surface area (Å²) in [5, 5.41) is 0. The summed E-state index contributed by atoms with van der Waals surface area (Å²) >= 11 is 0. The largest absolute Gasteiger partial charge is 0.456 e. The summed E-state index contributed by atoms with van der Waals surface area (Å²) in [5.74, 6) is 3.32. The van der Waals surface area contributed by atoms with Crippen molar-refractivity contribution in [2.75, 3.05) is 6.61 Å². The molecular weight excluding hydrogens is 204 g/mol. The van der Waals surface area contributed by atoms with Gasteiger partial charge in [0.2, 0.25) is 5.78 Å². The summed E-state index contributed by atoms with van der Waals surface area (Å²) in [7, 11) is 0. The predicted octanol–water partition coefficient (Wildman–Crippen LogP) is 1.74. The number of rotatable bonds is 2. The molecule has 0 radical (unpaired) electrons. The number of aryl methyl sites for hydroxylation is 1. The quantitative estimate of drug-likeness (QED) is 0.249. The molecule has 0 fully saturated rings. The monoisotopic (exact) mass is 216 g/mol. The van der Waals surface area contributed by atoms with Crippen LogP contribution >= 0.6 is 0 Å². The fourth-order valence-corrected chi connectivity index (χ4v) is 1.05. The molecule has 0 saturated carbocycles. The maximum Gasteiger partial charge on any atom is 0.384 e. The molecule has 3 nitrogen and oxygen atoms in total. The number of benzene rings is 1. The molecule has 1 aromatic carbocycles. The lowest BCUT2D eigenvalue weighted by molar-refractivity contribution is -0.136. The summed E-state index contributed by atoms with van der Waals surface area (Å²) in [6.07, 6.45) is 0. The molecule has 0 N–H and O–H groups in total. The number of esters is 1. The zero-order valence-electron chi connectivity index (χ0n) is 9.24. The highest BCUT2D eigenvalue weighted by Gasteiger charge is 2.01. The maximum atomic E-state index is 11.5. The fraction of sp³-hybridized carbons (Fsp3) is 0.231. The molecule has 0 aliphatic rings. The first-order valence-corrected chi connectivity index (χ1v) is 4.93. The van der Waals surface area contributed by atoms with Gasteiger partial charge in [0.1, 0.15) is 0 Å². The van der Waals surface area contributed by atoms with Gasteiger partial charge in [-0.15, -0.1) is 0 Å². The molecule has 3 heteroatoms. The number of carbonyl (C=O) groups is 2. The van der Waals surface area contributed by atoms with Crippen LogP contribution in [0.4, 0.5) is 0 Å². The van der Waals surface area contributed by atoms with Gasteiger partial charge in [-0.05, 0) is 19.8 Å². The maximum absolute atomic E-state index is 11.5. The zero-order valence-corrected chi connectivity index (χ0v) is 9.24. The molecule has 0 aromatic heterocycles. The van der Waals surface area contributed by atoms with E-state index in [1.165, 1.54) is 0 Å². The van der Waals surface area contributed by atoms with Crippen LogP contribution in [0.3, 0.4) is 0 Å². The number of hydrogen-bond donors (Lipinski definition) is 0. The summed E-state index contributed by atoms with van der Waals surface area (Å²) in [6, 6.07) is 6.99. The van der Waals surface area contributed by atoms with Crippen molar-refractivity contribution in [3.63, 3.8) is 0 Å². The molecule has 0 amide bonds. The highest BCUT2D eigenvalue weighted by Crippen LogP contribution is 2.03. The van der Waals surface area contributed by atoms with E-state index < -0.39 is 5.97 Å². The van der Waals surface area contributed by atoms with Gasteiger partial charge in [0.15, 0.2) is 0 Å². The number of ether oxygens (including phenoxy) is 1. The molecule has 0 spiro atoms. The normalized spacial score (nSPS) is 8.88. The predicted molar refractivity (Wildman–Crippen MR) is 59.9 cm³/mol. The van der Waals surface area contributed by atoms with E-state index in [-0.39, 0.29) is 12.4 Å². The van der Waals surface area contributed by atoms with Gasteiger partial charge in [-0.1, -0.05) is 29.8 Å². The Kier molecular flexibility index (Phi) is 4.28. The first kappa shape index (κ1) is 12.0. The molecule has 0 aliphatic carbocycles. The Morgan fingerprint density at radius 1 is 1.19 bits per heavy atom. The topological polar surface area (TPSA) is 43.4 Å². The second-order valence-corrected chi connectivity index (χ2v) is 3.17. The average molecular weight is 216 g/mol. The minimum atomic E-state index is -0.678. The standard InChI is InChI=1S/C13H12O3/c1-3-16-13(15)9-8-12(14)11-6-4-10(2)5-7-11/h4-7H,3H2,1-2H3. The molecule has 1 aromatic rings. The molecular formula is C13H12O3. The van der Waals surface area contributed by atoms with Gasteiger partial charge in [0.05, 0.1) is 6.61 Å². The van der Waals surface area contributed by atoms with Crippen molar-refractivity contribution in [1.29, 1.82) is 0 Å². The Bertz CT molecular complexity index is 446. The van der Waals surface area contributed by atoms with Crippen LogP contribution in [0.5, 0.6) is 0 Å². The lowest BCUT2D eigenvalue weighted by Gasteiger charge is -1.94. The SMILES string of the molecule is CCOC(=O)C#CC(=O)c1ccc(C)cc1. The van der Waals surface area contributed by atoms with Crippen LogP contribution in [0.1, 0.15) is 22.8 Å². The summed E-state index contributed by atoms with van der Waals surface area (Å²) in [5.41, 5.74) is 1.54. The van der Waals surface area contributed by atoms with Crippen molar-refractivity contribution >= 4 is 11.8 Å². The van der Waals surface area contributed by atoms with Crippen molar-refractivity contribution in [1.82, 2.24) is 0 Å². The van der Waals surface area contributed by atoms with E-state index >= 15 is 0 Å². The van der Waals surface area contributed by atoms with E-state index in [0.29, 0.717) is 5.56 Å². The first-order valence-electron chi connectivity index (χ1n) is 4.93. The van der Waals surface area contributed by atoms with Gasteiger partial charge in [0, 0.05) is 11.5 Å². The van der Waals surface area contributed by atoms with E-state index in [4.69, 9.17) is 0 Å². The van der Waals surface area contributed by atoms with Crippen LogP contribution in [0.15, 0.2) is 24.3 Å². The van der Waals surface area contributed by atoms with Gasteiger partial charge >= 0.3 is 5.97 Å². The van der Waals surface area contributed by atoms with Crippen molar-refractivity contribution < 1.29 is 14.3 Å². The second kappa shape index (κ2) is 5.72. The minimum Gasteiger partial charge on any atom is -0.456 e. The fourth-order valence-electron chi connectivity index (χ4n) is 1.05. The number of ketones is 1. The number of carbonyl (C=O) groups excluding carboxylic acids is 2. The molecule has 0 heterocycles.